The molecule has 0 aliphatic heterocycles. The van der Waals surface area contributed by atoms with Crippen LogP contribution in [0.15, 0.2) is 12.1 Å². The molecule has 1 unspecified atom stereocenters. The molecule has 1 aromatic rings. The molecule has 0 bridgehead atoms. The molecule has 3 nitrogen and oxygen atoms in total. The maximum Gasteiger partial charge on any atom is 0.265 e. The maximum absolute atomic E-state index is 13.1. The average Bonchev–Trinajstić information content (AvgIpc) is 2.58. The highest BCUT2D eigenvalue weighted by molar-refractivity contribution is 7.77. The topological polar surface area (TPSA) is 52.9 Å². The summed E-state index contributed by atoms with van der Waals surface area (Å²) in [6.45, 7) is 12.8. The molecule has 24 heavy (non-hydrogen) atoms. The summed E-state index contributed by atoms with van der Waals surface area (Å²) in [5, 5.41) is 12.3. The third-order valence-electron chi connectivity index (χ3n) is 5.33. The molecule has 1 rings (SSSR count). The van der Waals surface area contributed by atoms with E-state index in [2.05, 4.69) is 39.1 Å². The van der Waals surface area contributed by atoms with E-state index in [0.29, 0.717) is 5.56 Å². The number of nitrogens with zero attached hydrogens (tertiary/aromatic N) is 1. The summed E-state index contributed by atoms with van der Waals surface area (Å²) >= 11 is 0. The predicted octanol–water partition coefficient (Wildman–Crippen LogP) is 5.36. The Morgan fingerprint density at radius 2 is 1.62 bits per heavy atom. The van der Waals surface area contributed by atoms with Gasteiger partial charge in [0.05, 0.1) is 30.1 Å². The quantitative estimate of drug-likeness (QED) is 0.644. The first-order chi connectivity index (χ1) is 11.4. The molecule has 0 aromatic heterocycles. The van der Waals surface area contributed by atoms with E-state index in [-0.39, 0.29) is 11.6 Å². The number of hydrogen-bond donors (Lipinski definition) is 1. The fourth-order valence-corrected chi connectivity index (χ4v) is 7.72. The number of carbonyl (C=O) groups is 1. The van der Waals surface area contributed by atoms with Crippen molar-refractivity contribution in [3.8, 4) is 6.07 Å². The number of carbonyl (C=O) groups excluding carboxylic acids is 1. The molecule has 0 aliphatic carbocycles. The van der Waals surface area contributed by atoms with Crippen molar-refractivity contribution >= 4 is 18.9 Å². The summed E-state index contributed by atoms with van der Waals surface area (Å²) in [6.07, 6.45) is 5.38. The first-order valence-electron chi connectivity index (χ1n) is 9.06. The molecular formula is C20H32N2OP+. The van der Waals surface area contributed by atoms with Crippen LogP contribution in [0, 0.1) is 25.2 Å². The van der Waals surface area contributed by atoms with E-state index in [0.717, 1.165) is 48.1 Å². The van der Waals surface area contributed by atoms with Gasteiger partial charge < -0.3 is 5.32 Å². The first-order valence-corrected chi connectivity index (χ1v) is 11.5. The van der Waals surface area contributed by atoms with Crippen LogP contribution < -0.4 is 5.32 Å². The monoisotopic (exact) mass is 347 g/mol. The molecule has 132 valence electrons. The number of anilines is 1. The maximum atomic E-state index is 13.1. The molecule has 1 amide bonds. The van der Waals surface area contributed by atoms with Crippen molar-refractivity contribution in [1.29, 1.82) is 5.26 Å². The van der Waals surface area contributed by atoms with Crippen LogP contribution in [0.25, 0.3) is 0 Å². The van der Waals surface area contributed by atoms with E-state index >= 15 is 0 Å². The van der Waals surface area contributed by atoms with E-state index in [4.69, 9.17) is 5.26 Å². The largest absolute Gasteiger partial charge is 0.322 e. The standard InChI is InChI=1S/C20H31N2OP/c1-7-11-18(24(8-2,9-3)10-4)20(23)22-19-15(5)12-17(14-21)13-16(19)6/h12-13,18H,7-11H2,1-6H3/p+1. The zero-order chi connectivity index (χ0) is 18.3. The summed E-state index contributed by atoms with van der Waals surface area (Å²) in [5.41, 5.74) is 3.58. The Morgan fingerprint density at radius 1 is 1.12 bits per heavy atom. The first kappa shape index (κ1) is 20.7. The van der Waals surface area contributed by atoms with Gasteiger partial charge in [-0.1, -0.05) is 13.3 Å². The molecule has 0 saturated heterocycles. The zero-order valence-electron chi connectivity index (χ0n) is 16.1. The molecule has 0 heterocycles. The second-order valence-electron chi connectivity index (χ2n) is 6.56. The fourth-order valence-electron chi connectivity index (χ4n) is 3.69. The summed E-state index contributed by atoms with van der Waals surface area (Å²) in [6, 6.07) is 5.87. The smallest absolute Gasteiger partial charge is 0.265 e. The summed E-state index contributed by atoms with van der Waals surface area (Å²) in [4.78, 5) is 13.1. The Balaban J connectivity index is 3.17. The second-order valence-corrected chi connectivity index (χ2v) is 11.5. The Morgan fingerprint density at radius 3 is 2.00 bits per heavy atom. The number of rotatable bonds is 8. The van der Waals surface area contributed by atoms with Gasteiger partial charge >= 0.3 is 0 Å². The van der Waals surface area contributed by atoms with Gasteiger partial charge in [0, 0.05) is 12.9 Å². The van der Waals surface area contributed by atoms with E-state index in [9.17, 15) is 4.79 Å². The van der Waals surface area contributed by atoms with Crippen molar-refractivity contribution in [2.45, 2.75) is 60.0 Å². The molecule has 4 heteroatoms. The molecule has 0 radical (unpaired) electrons. The number of nitriles is 1. The Hall–Kier alpha value is -1.39. The molecule has 0 saturated carbocycles. The highest BCUT2D eigenvalue weighted by Crippen LogP contribution is 2.63. The number of hydrogen-bond acceptors (Lipinski definition) is 2. The van der Waals surface area contributed by atoms with Crippen LogP contribution in [-0.4, -0.2) is 30.1 Å². The van der Waals surface area contributed by atoms with Crippen LogP contribution >= 0.6 is 7.26 Å². The van der Waals surface area contributed by atoms with Gasteiger partial charge in [0.2, 0.25) is 0 Å². The third kappa shape index (κ3) is 4.37. The van der Waals surface area contributed by atoms with Gasteiger partial charge in [-0.15, -0.1) is 0 Å². The van der Waals surface area contributed by atoms with Gasteiger partial charge in [0.25, 0.3) is 5.91 Å². The predicted molar refractivity (Wildman–Crippen MR) is 106 cm³/mol. The van der Waals surface area contributed by atoms with Gasteiger partial charge in [-0.3, -0.25) is 4.79 Å². The zero-order valence-corrected chi connectivity index (χ0v) is 17.0. The van der Waals surface area contributed by atoms with E-state index < -0.39 is 7.26 Å². The molecule has 0 fully saturated rings. The minimum atomic E-state index is -1.27. The van der Waals surface area contributed by atoms with Crippen molar-refractivity contribution in [2.75, 3.05) is 23.8 Å². The van der Waals surface area contributed by atoms with Gasteiger partial charge in [-0.25, -0.2) is 0 Å². The molecule has 1 N–H and O–H groups in total. The molecular weight excluding hydrogens is 315 g/mol. The number of benzene rings is 1. The number of amides is 1. The van der Waals surface area contributed by atoms with E-state index in [1.54, 1.807) is 0 Å². The van der Waals surface area contributed by atoms with Gasteiger partial charge in [-0.05, 0) is 64.3 Å². The van der Waals surface area contributed by atoms with Crippen LogP contribution in [0.1, 0.15) is 57.2 Å². The summed E-state index contributed by atoms with van der Waals surface area (Å²) < 4.78 is 0. The van der Waals surface area contributed by atoms with Crippen molar-refractivity contribution < 1.29 is 4.79 Å². The average molecular weight is 347 g/mol. The van der Waals surface area contributed by atoms with E-state index in [1.165, 1.54) is 0 Å². The van der Waals surface area contributed by atoms with Crippen LogP contribution in [0.3, 0.4) is 0 Å². The van der Waals surface area contributed by atoms with Gasteiger partial charge in [0.1, 0.15) is 5.66 Å². The molecule has 1 atom stereocenters. The highest BCUT2D eigenvalue weighted by atomic mass is 31.2. The SMILES string of the molecule is CCCC(C(=O)Nc1c(C)cc(C#N)cc1C)[P+](CC)(CC)CC. The van der Waals surface area contributed by atoms with Crippen molar-refractivity contribution in [3.05, 3.63) is 28.8 Å². The second kappa shape index (κ2) is 9.19. The number of nitrogens with one attached hydrogen (secondary N) is 1. The van der Waals surface area contributed by atoms with Crippen molar-refractivity contribution in [3.63, 3.8) is 0 Å². The lowest BCUT2D eigenvalue weighted by molar-refractivity contribution is -0.116. The summed E-state index contributed by atoms with van der Waals surface area (Å²) in [5.74, 6) is 0.173. The van der Waals surface area contributed by atoms with Crippen molar-refractivity contribution in [1.82, 2.24) is 0 Å². The molecule has 0 aliphatic rings. The minimum Gasteiger partial charge on any atom is -0.322 e. The highest BCUT2D eigenvalue weighted by Gasteiger charge is 2.45. The molecule has 0 spiro atoms. The van der Waals surface area contributed by atoms with Crippen LogP contribution in [-0.2, 0) is 4.79 Å². The van der Waals surface area contributed by atoms with Crippen LogP contribution in [0.5, 0.6) is 0 Å². The Bertz CT molecular complexity index is 583. The van der Waals surface area contributed by atoms with Crippen LogP contribution in [0.2, 0.25) is 0 Å². The normalized spacial score (nSPS) is 12.5. The van der Waals surface area contributed by atoms with Crippen molar-refractivity contribution in [2.24, 2.45) is 0 Å². The summed E-state index contributed by atoms with van der Waals surface area (Å²) in [7, 11) is -1.27. The Kier molecular flexibility index (Phi) is 7.91. The van der Waals surface area contributed by atoms with Gasteiger partial charge in [-0.2, -0.15) is 5.26 Å². The van der Waals surface area contributed by atoms with E-state index in [1.807, 2.05) is 26.0 Å². The lowest BCUT2D eigenvalue weighted by Gasteiger charge is -2.32. The lowest BCUT2D eigenvalue weighted by Crippen LogP contribution is -2.33. The third-order valence-corrected chi connectivity index (χ3v) is 10.9. The van der Waals surface area contributed by atoms with Gasteiger partial charge in [0.15, 0.2) is 0 Å². The fraction of sp³-hybridized carbons (Fsp3) is 0.600. The number of aryl methyl sites for hydroxylation is 2. The Labute approximate surface area is 148 Å². The molecule has 1 aromatic carbocycles. The van der Waals surface area contributed by atoms with Crippen LogP contribution in [0.4, 0.5) is 5.69 Å². The lowest BCUT2D eigenvalue weighted by atomic mass is 10.0. The minimum absolute atomic E-state index is 0.136.